The van der Waals surface area contributed by atoms with Crippen LogP contribution < -0.4 is 10.5 Å². The minimum absolute atomic E-state index is 0.111. The van der Waals surface area contributed by atoms with Gasteiger partial charge in [-0.05, 0) is 30.9 Å². The smallest absolute Gasteiger partial charge is 0.242 e. The molecule has 19 heavy (non-hydrogen) atoms. The lowest BCUT2D eigenvalue weighted by atomic mass is 10.1. The molecule has 3 N–H and O–H groups in total. The molecule has 0 saturated heterocycles. The first-order valence-electron chi connectivity index (χ1n) is 6.50. The standard InChI is InChI=1S/C13H19FN2O2S/c1-2-10(8-9-6-7-9)16-19(17,18)12-5-3-4-11(14)13(12)15/h3-5,9-10,16H,2,6-8,15H2,1H3. The number of rotatable bonds is 6. The predicted molar refractivity (Wildman–Crippen MR) is 72.6 cm³/mol. The largest absolute Gasteiger partial charge is 0.395 e. The van der Waals surface area contributed by atoms with Crippen molar-refractivity contribution in [3.63, 3.8) is 0 Å². The predicted octanol–water partition coefficient (Wildman–Crippen LogP) is 2.26. The van der Waals surface area contributed by atoms with Gasteiger partial charge in [0.15, 0.2) is 0 Å². The number of nitrogens with two attached hydrogens (primary N) is 1. The first kappa shape index (κ1) is 14.3. The van der Waals surface area contributed by atoms with E-state index < -0.39 is 15.8 Å². The molecule has 0 aromatic heterocycles. The minimum Gasteiger partial charge on any atom is -0.395 e. The van der Waals surface area contributed by atoms with Crippen LogP contribution in [0.5, 0.6) is 0 Å². The summed E-state index contributed by atoms with van der Waals surface area (Å²) in [4.78, 5) is -0.179. The van der Waals surface area contributed by atoms with E-state index in [1.165, 1.54) is 25.0 Å². The number of sulfonamides is 1. The van der Waals surface area contributed by atoms with E-state index in [1.54, 1.807) is 0 Å². The van der Waals surface area contributed by atoms with Crippen molar-refractivity contribution in [2.45, 2.75) is 43.5 Å². The summed E-state index contributed by atoms with van der Waals surface area (Å²) < 4.78 is 40.4. The molecule has 1 aliphatic carbocycles. The molecular weight excluding hydrogens is 267 g/mol. The number of benzene rings is 1. The molecule has 1 unspecified atom stereocenters. The third-order valence-corrected chi connectivity index (χ3v) is 5.01. The number of nitrogens with one attached hydrogen (secondary N) is 1. The van der Waals surface area contributed by atoms with E-state index in [-0.39, 0.29) is 16.6 Å². The van der Waals surface area contributed by atoms with Crippen LogP contribution in [-0.2, 0) is 10.0 Å². The minimum atomic E-state index is -3.76. The van der Waals surface area contributed by atoms with Crippen molar-refractivity contribution in [1.82, 2.24) is 4.72 Å². The molecule has 1 aromatic carbocycles. The molecule has 2 rings (SSSR count). The third-order valence-electron chi connectivity index (χ3n) is 3.43. The maximum absolute atomic E-state index is 13.3. The first-order chi connectivity index (χ1) is 8.94. The number of hydrogen-bond acceptors (Lipinski definition) is 3. The Hall–Kier alpha value is -1.14. The molecule has 1 saturated carbocycles. The number of hydrogen-bond donors (Lipinski definition) is 2. The van der Waals surface area contributed by atoms with Crippen LogP contribution >= 0.6 is 0 Å². The quantitative estimate of drug-likeness (QED) is 0.788. The maximum Gasteiger partial charge on any atom is 0.242 e. The van der Waals surface area contributed by atoms with E-state index >= 15 is 0 Å². The highest BCUT2D eigenvalue weighted by Crippen LogP contribution is 2.34. The van der Waals surface area contributed by atoms with E-state index in [2.05, 4.69) is 4.72 Å². The first-order valence-corrected chi connectivity index (χ1v) is 7.98. The summed E-state index contributed by atoms with van der Waals surface area (Å²) in [5.41, 5.74) is 5.18. The van der Waals surface area contributed by atoms with Crippen molar-refractivity contribution in [1.29, 1.82) is 0 Å². The van der Waals surface area contributed by atoms with Crippen LogP contribution in [0.1, 0.15) is 32.6 Å². The van der Waals surface area contributed by atoms with E-state index in [4.69, 9.17) is 5.73 Å². The van der Waals surface area contributed by atoms with Gasteiger partial charge in [0.1, 0.15) is 10.7 Å². The van der Waals surface area contributed by atoms with Crippen LogP contribution in [0.25, 0.3) is 0 Å². The lowest BCUT2D eigenvalue weighted by molar-refractivity contribution is 0.495. The van der Waals surface area contributed by atoms with Crippen LogP contribution in [-0.4, -0.2) is 14.5 Å². The number of nitrogen functional groups attached to an aromatic ring is 1. The molecule has 1 fully saturated rings. The van der Waals surface area contributed by atoms with Gasteiger partial charge in [-0.1, -0.05) is 25.8 Å². The SMILES string of the molecule is CCC(CC1CC1)NS(=O)(=O)c1cccc(F)c1N. The van der Waals surface area contributed by atoms with Crippen molar-refractivity contribution in [2.75, 3.05) is 5.73 Å². The Labute approximate surface area is 113 Å². The van der Waals surface area contributed by atoms with E-state index in [9.17, 15) is 12.8 Å². The summed E-state index contributed by atoms with van der Waals surface area (Å²) in [5, 5.41) is 0. The van der Waals surface area contributed by atoms with Crippen LogP contribution in [0, 0.1) is 11.7 Å². The summed E-state index contributed by atoms with van der Waals surface area (Å²) in [7, 11) is -3.76. The highest BCUT2D eigenvalue weighted by atomic mass is 32.2. The Balaban J connectivity index is 2.18. The highest BCUT2D eigenvalue weighted by Gasteiger charge is 2.28. The average Bonchev–Trinajstić information content (AvgIpc) is 3.15. The van der Waals surface area contributed by atoms with Gasteiger partial charge in [-0.25, -0.2) is 17.5 Å². The zero-order valence-electron chi connectivity index (χ0n) is 10.9. The molecule has 0 spiro atoms. The molecular formula is C13H19FN2O2S. The average molecular weight is 286 g/mol. The van der Waals surface area contributed by atoms with E-state index in [1.807, 2.05) is 6.92 Å². The molecule has 1 atom stereocenters. The van der Waals surface area contributed by atoms with Crippen molar-refractivity contribution in [2.24, 2.45) is 5.92 Å². The van der Waals surface area contributed by atoms with Gasteiger partial charge >= 0.3 is 0 Å². The second-order valence-electron chi connectivity index (χ2n) is 5.06. The Morgan fingerprint density at radius 1 is 1.47 bits per heavy atom. The summed E-state index contributed by atoms with van der Waals surface area (Å²) >= 11 is 0. The summed E-state index contributed by atoms with van der Waals surface area (Å²) in [6, 6.07) is 3.71. The molecule has 0 bridgehead atoms. The molecule has 1 aromatic rings. The summed E-state index contributed by atoms with van der Waals surface area (Å²) in [6.07, 6.45) is 3.89. The van der Waals surface area contributed by atoms with Gasteiger partial charge < -0.3 is 5.73 Å². The summed E-state index contributed by atoms with van der Waals surface area (Å²) in [5.74, 6) is -0.0874. The Morgan fingerprint density at radius 2 is 2.16 bits per heavy atom. The van der Waals surface area contributed by atoms with Crippen molar-refractivity contribution < 1.29 is 12.8 Å². The maximum atomic E-state index is 13.3. The molecule has 0 heterocycles. The Bertz CT molecular complexity index is 556. The van der Waals surface area contributed by atoms with Crippen LogP contribution in [0.2, 0.25) is 0 Å². The van der Waals surface area contributed by atoms with E-state index in [0.717, 1.165) is 12.5 Å². The van der Waals surface area contributed by atoms with Crippen LogP contribution in [0.15, 0.2) is 23.1 Å². The molecule has 0 amide bonds. The van der Waals surface area contributed by atoms with Gasteiger partial charge in [0.2, 0.25) is 10.0 Å². The van der Waals surface area contributed by atoms with E-state index in [0.29, 0.717) is 12.3 Å². The fraction of sp³-hybridized carbons (Fsp3) is 0.538. The second-order valence-corrected chi connectivity index (χ2v) is 6.74. The monoisotopic (exact) mass is 286 g/mol. The fourth-order valence-corrected chi connectivity index (χ4v) is 3.56. The lowest BCUT2D eigenvalue weighted by Crippen LogP contribution is -2.35. The van der Waals surface area contributed by atoms with Gasteiger partial charge in [0.05, 0.1) is 5.69 Å². The lowest BCUT2D eigenvalue weighted by Gasteiger charge is -2.17. The van der Waals surface area contributed by atoms with Gasteiger partial charge in [0.25, 0.3) is 0 Å². The van der Waals surface area contributed by atoms with Gasteiger partial charge in [-0.2, -0.15) is 0 Å². The van der Waals surface area contributed by atoms with Crippen molar-refractivity contribution in [3.8, 4) is 0 Å². The number of para-hydroxylation sites is 1. The van der Waals surface area contributed by atoms with Crippen molar-refractivity contribution >= 4 is 15.7 Å². The number of halogens is 1. The summed E-state index contributed by atoms with van der Waals surface area (Å²) in [6.45, 7) is 1.94. The zero-order chi connectivity index (χ0) is 14.0. The Kier molecular flexibility index (Phi) is 4.10. The highest BCUT2D eigenvalue weighted by molar-refractivity contribution is 7.89. The molecule has 4 nitrogen and oxygen atoms in total. The normalized spacial score (nSPS) is 17.4. The molecule has 6 heteroatoms. The van der Waals surface area contributed by atoms with Gasteiger partial charge in [0, 0.05) is 6.04 Å². The van der Waals surface area contributed by atoms with Gasteiger partial charge in [-0.15, -0.1) is 0 Å². The Morgan fingerprint density at radius 3 is 2.74 bits per heavy atom. The molecule has 106 valence electrons. The topological polar surface area (TPSA) is 72.2 Å². The molecule has 0 aliphatic heterocycles. The van der Waals surface area contributed by atoms with Gasteiger partial charge in [-0.3, -0.25) is 0 Å². The third kappa shape index (κ3) is 3.45. The van der Waals surface area contributed by atoms with Crippen LogP contribution in [0.3, 0.4) is 0 Å². The molecule has 0 radical (unpaired) electrons. The second kappa shape index (κ2) is 5.46. The number of anilines is 1. The zero-order valence-corrected chi connectivity index (χ0v) is 11.7. The fourth-order valence-electron chi connectivity index (χ4n) is 2.09. The van der Waals surface area contributed by atoms with Crippen LogP contribution in [0.4, 0.5) is 10.1 Å². The molecule has 1 aliphatic rings. The van der Waals surface area contributed by atoms with Crippen molar-refractivity contribution in [3.05, 3.63) is 24.0 Å².